The largest absolute Gasteiger partial charge is 0.464 e. The smallest absolute Gasteiger partial charge is 0.323 e. The first kappa shape index (κ1) is 18.2. The van der Waals surface area contributed by atoms with Gasteiger partial charge < -0.3 is 14.5 Å². The lowest BCUT2D eigenvalue weighted by Crippen LogP contribution is -2.49. The molecule has 2 aliphatic rings. The molecule has 1 atom stereocenters. The van der Waals surface area contributed by atoms with Gasteiger partial charge in [-0.3, -0.25) is 14.5 Å². The van der Waals surface area contributed by atoms with Crippen molar-refractivity contribution < 1.29 is 18.7 Å². The summed E-state index contributed by atoms with van der Waals surface area (Å²) < 4.78 is 11.1. The Balaban J connectivity index is 1.31. The van der Waals surface area contributed by atoms with Crippen molar-refractivity contribution in [3.63, 3.8) is 0 Å². The SMILES string of the molecule is Cc1c(C(=O)NC2CCN([C@H]3CCOC3=O)CC2)oc2c1ccc1ccccc12. The van der Waals surface area contributed by atoms with Gasteiger partial charge in [0.1, 0.15) is 11.6 Å². The van der Waals surface area contributed by atoms with E-state index in [1.54, 1.807) is 0 Å². The molecular formula is C23H24N2O4. The first-order valence-corrected chi connectivity index (χ1v) is 10.2. The van der Waals surface area contributed by atoms with E-state index in [1.807, 2.05) is 37.3 Å². The summed E-state index contributed by atoms with van der Waals surface area (Å²) in [7, 11) is 0. The second-order valence-electron chi connectivity index (χ2n) is 7.98. The average molecular weight is 392 g/mol. The zero-order valence-corrected chi connectivity index (χ0v) is 16.4. The summed E-state index contributed by atoms with van der Waals surface area (Å²) in [5, 5.41) is 6.22. The number of nitrogens with one attached hydrogen (secondary N) is 1. The zero-order chi connectivity index (χ0) is 20.0. The molecule has 0 bridgehead atoms. The number of carbonyl (C=O) groups excluding carboxylic acids is 2. The summed E-state index contributed by atoms with van der Waals surface area (Å²) in [5.41, 5.74) is 1.63. The van der Waals surface area contributed by atoms with Gasteiger partial charge in [0, 0.05) is 41.9 Å². The lowest BCUT2D eigenvalue weighted by Gasteiger charge is -2.34. The van der Waals surface area contributed by atoms with Gasteiger partial charge in [-0.15, -0.1) is 0 Å². The molecule has 1 amide bonds. The summed E-state index contributed by atoms with van der Waals surface area (Å²) in [6.07, 6.45) is 2.40. The van der Waals surface area contributed by atoms with Crippen LogP contribution in [0.3, 0.4) is 0 Å². The molecule has 0 unspecified atom stereocenters. The molecule has 3 aromatic rings. The van der Waals surface area contributed by atoms with Crippen LogP contribution in [0, 0.1) is 6.92 Å². The van der Waals surface area contributed by atoms with Crippen molar-refractivity contribution in [2.75, 3.05) is 19.7 Å². The van der Waals surface area contributed by atoms with Gasteiger partial charge in [0.25, 0.3) is 5.91 Å². The molecule has 3 heterocycles. The van der Waals surface area contributed by atoms with E-state index in [0.29, 0.717) is 12.4 Å². The number of ether oxygens (including phenoxy) is 1. The number of piperidine rings is 1. The molecule has 1 N–H and O–H groups in total. The summed E-state index contributed by atoms with van der Waals surface area (Å²) in [5.74, 6) is 0.109. The van der Waals surface area contributed by atoms with Crippen LogP contribution in [-0.4, -0.2) is 48.6 Å². The quantitative estimate of drug-likeness (QED) is 0.692. The number of esters is 1. The van der Waals surface area contributed by atoms with E-state index < -0.39 is 0 Å². The Hall–Kier alpha value is -2.86. The van der Waals surface area contributed by atoms with Crippen LogP contribution >= 0.6 is 0 Å². The maximum Gasteiger partial charge on any atom is 0.323 e. The highest BCUT2D eigenvalue weighted by Gasteiger charge is 2.35. The van der Waals surface area contributed by atoms with Gasteiger partial charge in [0.15, 0.2) is 5.76 Å². The second-order valence-corrected chi connectivity index (χ2v) is 7.98. The van der Waals surface area contributed by atoms with Crippen LogP contribution in [0.15, 0.2) is 40.8 Å². The fraction of sp³-hybridized carbons (Fsp3) is 0.391. The number of nitrogens with zero attached hydrogens (tertiary/aromatic N) is 1. The van der Waals surface area contributed by atoms with Crippen LogP contribution in [-0.2, 0) is 9.53 Å². The van der Waals surface area contributed by atoms with Crippen LogP contribution < -0.4 is 5.32 Å². The first-order chi connectivity index (χ1) is 14.1. The number of hydrogen-bond acceptors (Lipinski definition) is 5. The van der Waals surface area contributed by atoms with Gasteiger partial charge in [0.2, 0.25) is 0 Å². The molecule has 2 aliphatic heterocycles. The number of fused-ring (bicyclic) bond motifs is 3. The summed E-state index contributed by atoms with van der Waals surface area (Å²) in [4.78, 5) is 26.9. The average Bonchev–Trinajstić information content (AvgIpc) is 3.32. The van der Waals surface area contributed by atoms with E-state index in [2.05, 4.69) is 16.3 Å². The standard InChI is InChI=1S/C23H24N2O4/c1-14-17-7-6-15-4-2-3-5-18(15)21(17)29-20(14)22(26)24-16-8-11-25(12-9-16)19-10-13-28-23(19)27/h2-7,16,19H,8-13H2,1H3,(H,24,26)/t19-/m0/s1. The van der Waals surface area contributed by atoms with Gasteiger partial charge in [-0.25, -0.2) is 0 Å². The van der Waals surface area contributed by atoms with Crippen molar-refractivity contribution in [1.29, 1.82) is 0 Å². The van der Waals surface area contributed by atoms with Crippen LogP contribution in [0.5, 0.6) is 0 Å². The fourth-order valence-electron chi connectivity index (χ4n) is 4.59. The van der Waals surface area contributed by atoms with E-state index in [9.17, 15) is 9.59 Å². The molecule has 0 saturated carbocycles. The third kappa shape index (κ3) is 3.17. The Bertz CT molecular complexity index is 1090. The van der Waals surface area contributed by atoms with Crippen LogP contribution in [0.4, 0.5) is 0 Å². The lowest BCUT2D eigenvalue weighted by atomic mass is 10.0. The fourth-order valence-corrected chi connectivity index (χ4v) is 4.59. The third-order valence-electron chi connectivity index (χ3n) is 6.25. The van der Waals surface area contributed by atoms with Crippen LogP contribution in [0.2, 0.25) is 0 Å². The minimum atomic E-state index is -0.165. The van der Waals surface area contributed by atoms with Gasteiger partial charge in [-0.2, -0.15) is 0 Å². The number of benzene rings is 2. The third-order valence-corrected chi connectivity index (χ3v) is 6.25. The molecule has 2 aromatic carbocycles. The molecule has 6 heteroatoms. The molecular weight excluding hydrogens is 368 g/mol. The summed E-state index contributed by atoms with van der Waals surface area (Å²) in [6, 6.07) is 12.1. The molecule has 29 heavy (non-hydrogen) atoms. The summed E-state index contributed by atoms with van der Waals surface area (Å²) in [6.45, 7) is 4.02. The highest BCUT2D eigenvalue weighted by molar-refractivity contribution is 6.08. The van der Waals surface area contributed by atoms with Crippen LogP contribution in [0.25, 0.3) is 21.7 Å². The maximum absolute atomic E-state index is 12.9. The Morgan fingerprint density at radius 2 is 1.86 bits per heavy atom. The Labute approximate surface area is 168 Å². The molecule has 5 rings (SSSR count). The molecule has 6 nitrogen and oxygen atoms in total. The van der Waals surface area contributed by atoms with Crippen molar-refractivity contribution in [1.82, 2.24) is 10.2 Å². The van der Waals surface area contributed by atoms with Crippen molar-refractivity contribution in [2.24, 2.45) is 0 Å². The number of furan rings is 1. The minimum Gasteiger partial charge on any atom is -0.464 e. The minimum absolute atomic E-state index is 0.0838. The van der Waals surface area contributed by atoms with Gasteiger partial charge in [0.05, 0.1) is 6.61 Å². The number of amides is 1. The van der Waals surface area contributed by atoms with E-state index in [-0.39, 0.29) is 24.0 Å². The van der Waals surface area contributed by atoms with E-state index >= 15 is 0 Å². The van der Waals surface area contributed by atoms with Crippen LogP contribution in [0.1, 0.15) is 35.4 Å². The molecule has 0 aliphatic carbocycles. The van der Waals surface area contributed by atoms with E-state index in [1.165, 1.54) is 0 Å². The van der Waals surface area contributed by atoms with Gasteiger partial charge in [-0.1, -0.05) is 36.4 Å². The second kappa shape index (κ2) is 7.19. The molecule has 2 fully saturated rings. The number of carbonyl (C=O) groups is 2. The molecule has 0 radical (unpaired) electrons. The number of rotatable bonds is 3. The van der Waals surface area contributed by atoms with Crippen molar-refractivity contribution in [2.45, 2.75) is 38.3 Å². The van der Waals surface area contributed by atoms with E-state index in [0.717, 1.165) is 59.7 Å². The highest BCUT2D eigenvalue weighted by Crippen LogP contribution is 2.32. The van der Waals surface area contributed by atoms with Gasteiger partial charge in [-0.05, 0) is 25.2 Å². The zero-order valence-electron chi connectivity index (χ0n) is 16.4. The first-order valence-electron chi connectivity index (χ1n) is 10.2. The summed E-state index contributed by atoms with van der Waals surface area (Å²) >= 11 is 0. The molecule has 150 valence electrons. The lowest BCUT2D eigenvalue weighted by molar-refractivity contribution is -0.142. The number of likely N-dealkylation sites (tertiary alicyclic amines) is 1. The Morgan fingerprint density at radius 3 is 2.62 bits per heavy atom. The molecule has 2 saturated heterocycles. The van der Waals surface area contributed by atoms with Crippen molar-refractivity contribution in [3.05, 3.63) is 47.7 Å². The monoisotopic (exact) mass is 392 g/mol. The van der Waals surface area contributed by atoms with E-state index in [4.69, 9.17) is 9.15 Å². The van der Waals surface area contributed by atoms with Gasteiger partial charge >= 0.3 is 5.97 Å². The van der Waals surface area contributed by atoms with Crippen molar-refractivity contribution in [3.8, 4) is 0 Å². The Morgan fingerprint density at radius 1 is 1.07 bits per heavy atom. The highest BCUT2D eigenvalue weighted by atomic mass is 16.5. The molecule has 1 aromatic heterocycles. The van der Waals surface area contributed by atoms with Crippen molar-refractivity contribution >= 4 is 33.6 Å². The predicted molar refractivity (Wildman–Crippen MR) is 110 cm³/mol. The predicted octanol–water partition coefficient (Wildman–Crippen LogP) is 3.40. The Kier molecular flexibility index (Phi) is 4.51. The topological polar surface area (TPSA) is 71.8 Å². The number of cyclic esters (lactones) is 1. The molecule has 0 spiro atoms. The number of aryl methyl sites for hydroxylation is 1. The normalized spacial score (nSPS) is 21.0. The number of hydrogen-bond donors (Lipinski definition) is 1. The maximum atomic E-state index is 12.9.